The maximum atomic E-state index is 9.03. The van der Waals surface area contributed by atoms with Gasteiger partial charge in [0.05, 0.1) is 11.5 Å². The third kappa shape index (κ3) is 2.59. The lowest BCUT2D eigenvalue weighted by atomic mass is 9.82. The number of benzene rings is 1. The third-order valence-corrected chi connectivity index (χ3v) is 2.75. The standard InChI is InChI=1S/C14H19N/c1-13(2,3)11-6-8-12(9-7-11)14(4,5)10-15/h6-9H,1-5H3. The first-order valence-electron chi connectivity index (χ1n) is 5.29. The van der Waals surface area contributed by atoms with Crippen molar-refractivity contribution in [3.8, 4) is 6.07 Å². The highest BCUT2D eigenvalue weighted by Gasteiger charge is 2.20. The van der Waals surface area contributed by atoms with Crippen molar-refractivity contribution < 1.29 is 0 Å². The first kappa shape index (κ1) is 11.8. The van der Waals surface area contributed by atoms with Crippen molar-refractivity contribution in [2.75, 3.05) is 0 Å². The Hall–Kier alpha value is -1.29. The van der Waals surface area contributed by atoms with Crippen LogP contribution in [0.15, 0.2) is 24.3 Å². The summed E-state index contributed by atoms with van der Waals surface area (Å²) in [5.41, 5.74) is 2.17. The van der Waals surface area contributed by atoms with Crippen LogP contribution in [-0.2, 0) is 10.8 Å². The zero-order valence-corrected chi connectivity index (χ0v) is 10.3. The lowest BCUT2D eigenvalue weighted by Gasteiger charge is -2.21. The van der Waals surface area contributed by atoms with E-state index in [1.165, 1.54) is 5.56 Å². The molecule has 0 N–H and O–H groups in total. The summed E-state index contributed by atoms with van der Waals surface area (Å²) in [5.74, 6) is 0. The molecule has 1 heteroatoms. The van der Waals surface area contributed by atoms with E-state index in [9.17, 15) is 0 Å². The lowest BCUT2D eigenvalue weighted by Crippen LogP contribution is -2.15. The summed E-state index contributed by atoms with van der Waals surface area (Å²) in [4.78, 5) is 0. The Kier molecular flexibility index (Phi) is 2.90. The molecule has 0 spiro atoms. The zero-order valence-electron chi connectivity index (χ0n) is 10.3. The second-order valence-electron chi connectivity index (χ2n) is 5.56. The first-order chi connectivity index (χ1) is 6.77. The van der Waals surface area contributed by atoms with Gasteiger partial charge in [0.25, 0.3) is 0 Å². The molecule has 1 aromatic carbocycles. The second-order valence-corrected chi connectivity index (χ2v) is 5.56. The molecule has 1 nitrogen and oxygen atoms in total. The quantitative estimate of drug-likeness (QED) is 0.678. The van der Waals surface area contributed by atoms with Gasteiger partial charge in [-0.15, -0.1) is 0 Å². The van der Waals surface area contributed by atoms with E-state index in [1.54, 1.807) is 0 Å². The van der Waals surface area contributed by atoms with Crippen molar-refractivity contribution >= 4 is 0 Å². The molecular formula is C14H19N. The Balaban J connectivity index is 3.08. The Morgan fingerprint density at radius 1 is 0.867 bits per heavy atom. The smallest absolute Gasteiger partial charge is 0.0766 e. The summed E-state index contributed by atoms with van der Waals surface area (Å²) in [6.45, 7) is 10.5. The van der Waals surface area contributed by atoms with Crippen molar-refractivity contribution in [2.45, 2.75) is 45.4 Å². The van der Waals surface area contributed by atoms with Gasteiger partial charge in [0.15, 0.2) is 0 Å². The minimum atomic E-state index is -0.392. The molecule has 0 aliphatic carbocycles. The van der Waals surface area contributed by atoms with Crippen LogP contribution in [0, 0.1) is 11.3 Å². The van der Waals surface area contributed by atoms with Gasteiger partial charge in [0.1, 0.15) is 0 Å². The van der Waals surface area contributed by atoms with Crippen molar-refractivity contribution in [1.29, 1.82) is 5.26 Å². The lowest BCUT2D eigenvalue weighted by molar-refractivity contribution is 0.588. The van der Waals surface area contributed by atoms with Gasteiger partial charge in [-0.05, 0) is 30.4 Å². The molecule has 0 unspecified atom stereocenters. The van der Waals surface area contributed by atoms with E-state index >= 15 is 0 Å². The van der Waals surface area contributed by atoms with Crippen LogP contribution in [0.3, 0.4) is 0 Å². The van der Waals surface area contributed by atoms with Crippen LogP contribution in [0.1, 0.15) is 45.7 Å². The summed E-state index contributed by atoms with van der Waals surface area (Å²) in [6.07, 6.45) is 0. The number of nitriles is 1. The van der Waals surface area contributed by atoms with E-state index in [4.69, 9.17) is 5.26 Å². The van der Waals surface area contributed by atoms with Gasteiger partial charge < -0.3 is 0 Å². The maximum Gasteiger partial charge on any atom is 0.0766 e. The number of nitrogens with zero attached hydrogens (tertiary/aromatic N) is 1. The molecule has 0 saturated heterocycles. The van der Waals surface area contributed by atoms with Crippen LogP contribution in [-0.4, -0.2) is 0 Å². The molecule has 0 radical (unpaired) electrons. The summed E-state index contributed by atoms with van der Waals surface area (Å²) in [6, 6.07) is 10.7. The average molecular weight is 201 g/mol. The van der Waals surface area contributed by atoms with E-state index in [2.05, 4.69) is 51.1 Å². The van der Waals surface area contributed by atoms with Gasteiger partial charge in [-0.2, -0.15) is 5.26 Å². The van der Waals surface area contributed by atoms with E-state index in [1.807, 2.05) is 13.8 Å². The number of rotatable bonds is 1. The Labute approximate surface area is 92.7 Å². The predicted octanol–water partition coefficient (Wildman–Crippen LogP) is 3.79. The van der Waals surface area contributed by atoms with Crippen LogP contribution in [0.5, 0.6) is 0 Å². The van der Waals surface area contributed by atoms with Crippen molar-refractivity contribution in [1.82, 2.24) is 0 Å². The Bertz CT molecular complexity index is 371. The third-order valence-electron chi connectivity index (χ3n) is 2.75. The molecular weight excluding hydrogens is 182 g/mol. The maximum absolute atomic E-state index is 9.03. The highest BCUT2D eigenvalue weighted by molar-refractivity contribution is 5.34. The van der Waals surface area contributed by atoms with Gasteiger partial charge in [0.2, 0.25) is 0 Å². The summed E-state index contributed by atoms with van der Waals surface area (Å²) in [7, 11) is 0. The summed E-state index contributed by atoms with van der Waals surface area (Å²) < 4.78 is 0. The van der Waals surface area contributed by atoms with Crippen LogP contribution < -0.4 is 0 Å². The Morgan fingerprint density at radius 2 is 1.27 bits per heavy atom. The highest BCUT2D eigenvalue weighted by atomic mass is 14.3. The van der Waals surface area contributed by atoms with E-state index < -0.39 is 5.41 Å². The van der Waals surface area contributed by atoms with E-state index in [0.717, 1.165) is 5.56 Å². The first-order valence-corrected chi connectivity index (χ1v) is 5.29. The average Bonchev–Trinajstić information content (AvgIpc) is 2.17. The number of hydrogen-bond donors (Lipinski definition) is 0. The molecule has 15 heavy (non-hydrogen) atoms. The fraction of sp³-hybridized carbons (Fsp3) is 0.500. The molecule has 0 aliphatic heterocycles. The fourth-order valence-electron chi connectivity index (χ4n) is 1.45. The van der Waals surface area contributed by atoms with E-state index in [0.29, 0.717) is 0 Å². The molecule has 0 saturated carbocycles. The van der Waals surface area contributed by atoms with Crippen LogP contribution in [0.25, 0.3) is 0 Å². The monoisotopic (exact) mass is 201 g/mol. The summed E-state index contributed by atoms with van der Waals surface area (Å²) >= 11 is 0. The molecule has 0 aromatic heterocycles. The molecule has 0 atom stereocenters. The van der Waals surface area contributed by atoms with Crippen molar-refractivity contribution in [2.24, 2.45) is 0 Å². The molecule has 0 heterocycles. The van der Waals surface area contributed by atoms with Crippen molar-refractivity contribution in [3.05, 3.63) is 35.4 Å². The molecule has 1 aromatic rings. The second kappa shape index (κ2) is 3.70. The minimum absolute atomic E-state index is 0.176. The highest BCUT2D eigenvalue weighted by Crippen LogP contribution is 2.26. The largest absolute Gasteiger partial charge is 0.197 e. The van der Waals surface area contributed by atoms with Crippen LogP contribution in [0.4, 0.5) is 0 Å². The minimum Gasteiger partial charge on any atom is -0.197 e. The van der Waals surface area contributed by atoms with Crippen LogP contribution in [0.2, 0.25) is 0 Å². The van der Waals surface area contributed by atoms with Gasteiger partial charge >= 0.3 is 0 Å². The molecule has 0 aliphatic rings. The number of hydrogen-bond acceptors (Lipinski definition) is 1. The van der Waals surface area contributed by atoms with Crippen LogP contribution >= 0.6 is 0 Å². The van der Waals surface area contributed by atoms with E-state index in [-0.39, 0.29) is 5.41 Å². The molecule has 0 fully saturated rings. The van der Waals surface area contributed by atoms with Gasteiger partial charge in [-0.25, -0.2) is 0 Å². The normalized spacial score (nSPS) is 12.3. The molecule has 1 rings (SSSR count). The zero-order chi connectivity index (χ0) is 11.7. The molecule has 80 valence electrons. The van der Waals surface area contributed by atoms with Gasteiger partial charge in [-0.1, -0.05) is 45.0 Å². The summed E-state index contributed by atoms with van der Waals surface area (Å²) in [5, 5.41) is 9.03. The Morgan fingerprint density at radius 3 is 1.60 bits per heavy atom. The SMILES string of the molecule is CC(C)(C)c1ccc(C(C)(C)C#N)cc1. The fourth-order valence-corrected chi connectivity index (χ4v) is 1.45. The van der Waals surface area contributed by atoms with Crippen molar-refractivity contribution in [3.63, 3.8) is 0 Å². The molecule has 0 bridgehead atoms. The van der Waals surface area contributed by atoms with Gasteiger partial charge in [-0.3, -0.25) is 0 Å². The van der Waals surface area contributed by atoms with Gasteiger partial charge in [0, 0.05) is 0 Å². The molecule has 0 amide bonds. The topological polar surface area (TPSA) is 23.8 Å². The predicted molar refractivity (Wildman–Crippen MR) is 63.8 cm³/mol.